The van der Waals surface area contributed by atoms with E-state index in [2.05, 4.69) is 10.3 Å². The molecule has 158 valence electrons. The predicted octanol–water partition coefficient (Wildman–Crippen LogP) is 0.860. The lowest BCUT2D eigenvalue weighted by Gasteiger charge is -2.23. The minimum Gasteiger partial charge on any atom is -0.480 e. The van der Waals surface area contributed by atoms with E-state index in [0.717, 1.165) is 10.5 Å². The van der Waals surface area contributed by atoms with Gasteiger partial charge in [-0.1, -0.05) is 30.3 Å². The number of carbonyl (C=O) groups is 4. The van der Waals surface area contributed by atoms with E-state index in [9.17, 15) is 24.3 Å². The molecular formula is C20H22N4O6. The predicted molar refractivity (Wildman–Crippen MR) is 103 cm³/mol. The topological polar surface area (TPSA) is 131 Å². The lowest BCUT2D eigenvalue weighted by atomic mass is 10.1. The molecule has 0 radical (unpaired) electrons. The number of benzene rings is 1. The minimum absolute atomic E-state index is 0.00347. The molecule has 1 aliphatic rings. The van der Waals surface area contributed by atoms with Gasteiger partial charge in [-0.3, -0.25) is 9.59 Å². The Morgan fingerprint density at radius 3 is 2.67 bits per heavy atom. The fourth-order valence-corrected chi connectivity index (χ4v) is 3.20. The maximum absolute atomic E-state index is 12.7. The van der Waals surface area contributed by atoms with Crippen LogP contribution in [-0.2, 0) is 39.2 Å². The van der Waals surface area contributed by atoms with E-state index in [0.29, 0.717) is 5.69 Å². The van der Waals surface area contributed by atoms with Gasteiger partial charge >= 0.3 is 12.1 Å². The van der Waals surface area contributed by atoms with Crippen LogP contribution in [-0.4, -0.2) is 55.5 Å². The van der Waals surface area contributed by atoms with Gasteiger partial charge < -0.3 is 19.7 Å². The van der Waals surface area contributed by atoms with Crippen LogP contribution in [0.4, 0.5) is 4.79 Å². The molecule has 30 heavy (non-hydrogen) atoms. The van der Waals surface area contributed by atoms with Crippen LogP contribution in [0.15, 0.2) is 42.9 Å². The van der Waals surface area contributed by atoms with E-state index in [-0.39, 0.29) is 25.9 Å². The molecule has 0 spiro atoms. The monoisotopic (exact) mass is 414 g/mol. The zero-order chi connectivity index (χ0) is 21.7. The smallest absolute Gasteiger partial charge is 0.417 e. The van der Waals surface area contributed by atoms with Crippen molar-refractivity contribution in [2.45, 2.75) is 38.0 Å². The summed E-state index contributed by atoms with van der Waals surface area (Å²) in [4.78, 5) is 53.7. The van der Waals surface area contributed by atoms with Crippen molar-refractivity contribution >= 4 is 23.9 Å². The van der Waals surface area contributed by atoms with Crippen LogP contribution in [0.2, 0.25) is 0 Å². The van der Waals surface area contributed by atoms with Gasteiger partial charge in [-0.25, -0.2) is 19.5 Å². The van der Waals surface area contributed by atoms with E-state index in [1.165, 1.54) is 6.33 Å². The van der Waals surface area contributed by atoms with Crippen LogP contribution in [0.1, 0.15) is 24.1 Å². The van der Waals surface area contributed by atoms with Crippen LogP contribution in [0, 0.1) is 0 Å². The second-order valence-electron chi connectivity index (χ2n) is 6.99. The number of aryl methyl sites for hydroxylation is 1. The van der Waals surface area contributed by atoms with Gasteiger partial charge in [0.05, 0.1) is 12.0 Å². The fraction of sp³-hybridized carbons (Fsp3) is 0.350. The molecule has 1 saturated heterocycles. The molecule has 2 aromatic rings. The zero-order valence-electron chi connectivity index (χ0n) is 16.4. The first-order valence-corrected chi connectivity index (χ1v) is 9.38. The average Bonchev–Trinajstić information content (AvgIpc) is 3.31. The maximum atomic E-state index is 12.7. The molecule has 10 nitrogen and oxygen atoms in total. The standard InChI is InChI=1S/C20H22N4O6/c1-23-10-14(21-12-23)9-15(19(27)28)22-18(26)16-7-8-17(25)24(16)20(29)30-11-13-5-3-2-4-6-13/h2-6,10,12,15-16H,7-9,11H2,1H3,(H,22,26)(H,27,28)/t15-,16-/m0/s1. The van der Waals surface area contributed by atoms with Gasteiger partial charge in [0.25, 0.3) is 0 Å². The summed E-state index contributed by atoms with van der Waals surface area (Å²) in [5, 5.41) is 11.9. The van der Waals surface area contributed by atoms with Gasteiger partial charge in [-0.05, 0) is 12.0 Å². The number of ether oxygens (including phenoxy) is 1. The summed E-state index contributed by atoms with van der Waals surface area (Å²) in [5.41, 5.74) is 1.23. The quantitative estimate of drug-likeness (QED) is 0.687. The van der Waals surface area contributed by atoms with Crippen molar-refractivity contribution in [2.24, 2.45) is 7.05 Å². The molecule has 0 bridgehead atoms. The highest BCUT2D eigenvalue weighted by Crippen LogP contribution is 2.21. The highest BCUT2D eigenvalue weighted by atomic mass is 16.6. The van der Waals surface area contributed by atoms with Gasteiger partial charge in [0, 0.05) is 26.1 Å². The Kier molecular flexibility index (Phi) is 6.45. The summed E-state index contributed by atoms with van der Waals surface area (Å²) in [6.45, 7) is -0.0464. The number of amides is 3. The molecule has 2 heterocycles. The van der Waals surface area contributed by atoms with Crippen LogP contribution < -0.4 is 5.32 Å². The molecule has 10 heteroatoms. The molecule has 1 aromatic carbocycles. The molecule has 2 atom stereocenters. The highest BCUT2D eigenvalue weighted by molar-refractivity contribution is 6.01. The van der Waals surface area contributed by atoms with Crippen molar-refractivity contribution in [3.8, 4) is 0 Å². The third-order valence-corrected chi connectivity index (χ3v) is 4.70. The summed E-state index contributed by atoms with van der Waals surface area (Å²) in [6.07, 6.45) is 2.31. The summed E-state index contributed by atoms with van der Waals surface area (Å²) in [6, 6.07) is 6.55. The number of carboxylic acids is 1. The lowest BCUT2D eigenvalue weighted by Crippen LogP contribution is -2.52. The van der Waals surface area contributed by atoms with Gasteiger partial charge in [0.1, 0.15) is 18.7 Å². The number of hydrogen-bond acceptors (Lipinski definition) is 6. The molecule has 3 rings (SSSR count). The van der Waals surface area contributed by atoms with Crippen LogP contribution in [0.3, 0.4) is 0 Å². The molecule has 2 N–H and O–H groups in total. The van der Waals surface area contributed by atoms with Gasteiger partial charge in [-0.2, -0.15) is 0 Å². The van der Waals surface area contributed by atoms with Crippen LogP contribution in [0.5, 0.6) is 0 Å². The van der Waals surface area contributed by atoms with Gasteiger partial charge in [0.15, 0.2) is 0 Å². The number of carbonyl (C=O) groups excluding carboxylic acids is 3. The average molecular weight is 414 g/mol. The van der Waals surface area contributed by atoms with Crippen LogP contribution in [0.25, 0.3) is 0 Å². The Morgan fingerprint density at radius 1 is 1.30 bits per heavy atom. The van der Waals surface area contributed by atoms with Crippen molar-refractivity contribution in [1.29, 1.82) is 0 Å². The SMILES string of the molecule is Cn1cnc(C[C@H](NC(=O)[C@@H]2CCC(=O)N2C(=O)OCc2ccccc2)C(=O)O)c1. The number of likely N-dealkylation sites (tertiary alicyclic amines) is 1. The zero-order valence-corrected chi connectivity index (χ0v) is 16.4. The highest BCUT2D eigenvalue weighted by Gasteiger charge is 2.42. The Balaban J connectivity index is 1.64. The van der Waals surface area contributed by atoms with Gasteiger partial charge in [-0.15, -0.1) is 0 Å². The van der Waals surface area contributed by atoms with E-state index in [4.69, 9.17) is 4.74 Å². The first kappa shape index (κ1) is 21.0. The fourth-order valence-electron chi connectivity index (χ4n) is 3.20. The lowest BCUT2D eigenvalue weighted by molar-refractivity contribution is -0.142. The van der Waals surface area contributed by atoms with E-state index >= 15 is 0 Å². The molecule has 1 aromatic heterocycles. The summed E-state index contributed by atoms with van der Waals surface area (Å²) in [5.74, 6) is -2.50. The molecule has 1 fully saturated rings. The third-order valence-electron chi connectivity index (χ3n) is 4.70. The Hall–Kier alpha value is -3.69. The van der Waals surface area contributed by atoms with Crippen molar-refractivity contribution in [3.05, 3.63) is 54.1 Å². The first-order chi connectivity index (χ1) is 14.3. The molecule has 0 aliphatic carbocycles. The molecule has 0 unspecified atom stereocenters. The van der Waals surface area contributed by atoms with Gasteiger partial charge in [0.2, 0.25) is 11.8 Å². The minimum atomic E-state index is -1.25. The summed E-state index contributed by atoms with van der Waals surface area (Å²) >= 11 is 0. The Morgan fingerprint density at radius 2 is 2.03 bits per heavy atom. The normalized spacial score (nSPS) is 16.9. The molecular weight excluding hydrogens is 392 g/mol. The second kappa shape index (κ2) is 9.21. The third kappa shape index (κ3) is 5.02. The Bertz CT molecular complexity index is 942. The first-order valence-electron chi connectivity index (χ1n) is 9.38. The molecule has 1 aliphatic heterocycles. The molecule has 0 saturated carbocycles. The van der Waals surface area contributed by atoms with Crippen molar-refractivity contribution in [1.82, 2.24) is 19.8 Å². The summed E-state index contributed by atoms with van der Waals surface area (Å²) < 4.78 is 6.83. The number of nitrogens with zero attached hydrogens (tertiary/aromatic N) is 3. The van der Waals surface area contributed by atoms with E-state index in [1.807, 2.05) is 6.07 Å². The number of nitrogens with one attached hydrogen (secondary N) is 1. The Labute approximate surface area is 172 Å². The van der Waals surface area contributed by atoms with Crippen molar-refractivity contribution in [3.63, 3.8) is 0 Å². The second-order valence-corrected chi connectivity index (χ2v) is 6.99. The summed E-state index contributed by atoms with van der Waals surface area (Å²) in [7, 11) is 1.74. The number of imidazole rings is 1. The number of hydrogen-bond donors (Lipinski definition) is 2. The van der Waals surface area contributed by atoms with Crippen molar-refractivity contribution in [2.75, 3.05) is 0 Å². The number of aromatic nitrogens is 2. The number of carboxylic acid groups (broad SMARTS) is 1. The molecule has 3 amide bonds. The van der Waals surface area contributed by atoms with E-state index in [1.54, 1.807) is 42.1 Å². The van der Waals surface area contributed by atoms with Crippen molar-refractivity contribution < 1.29 is 29.0 Å². The maximum Gasteiger partial charge on any atom is 0.417 e. The number of imide groups is 1. The van der Waals surface area contributed by atoms with E-state index < -0.39 is 36.0 Å². The largest absolute Gasteiger partial charge is 0.480 e. The number of rotatable bonds is 7. The van der Waals surface area contributed by atoms with Crippen LogP contribution >= 0.6 is 0 Å². The number of aliphatic carboxylic acids is 1.